The molecule has 25 heavy (non-hydrogen) atoms. The van der Waals surface area contributed by atoms with Crippen molar-refractivity contribution in [3.63, 3.8) is 0 Å². The molecule has 0 radical (unpaired) electrons. The fourth-order valence-electron chi connectivity index (χ4n) is 3.31. The first-order valence-corrected chi connectivity index (χ1v) is 8.84. The van der Waals surface area contributed by atoms with Crippen molar-refractivity contribution in [3.8, 4) is 11.1 Å². The van der Waals surface area contributed by atoms with Gasteiger partial charge >= 0.3 is 0 Å². The number of hydrogen-bond donors (Lipinski definition) is 1. The van der Waals surface area contributed by atoms with Crippen molar-refractivity contribution < 1.29 is 4.74 Å². The highest BCUT2D eigenvalue weighted by atomic mass is 16.5. The van der Waals surface area contributed by atoms with Crippen molar-refractivity contribution in [1.29, 1.82) is 0 Å². The third kappa shape index (κ3) is 6.30. The molecule has 0 heterocycles. The van der Waals surface area contributed by atoms with Gasteiger partial charge in [0.25, 0.3) is 0 Å². The van der Waals surface area contributed by atoms with Crippen LogP contribution in [0, 0.1) is 0 Å². The Morgan fingerprint density at radius 1 is 0.760 bits per heavy atom. The summed E-state index contributed by atoms with van der Waals surface area (Å²) < 4.78 is 6.14. The molecule has 138 valence electrons. The Morgan fingerprint density at radius 2 is 1.36 bits per heavy atom. The fraction of sp³-hybridized carbons (Fsp3) is 0.478. The monoisotopic (exact) mass is 341 g/mol. The average molecular weight is 342 g/mol. The van der Waals surface area contributed by atoms with E-state index in [9.17, 15) is 0 Å². The van der Waals surface area contributed by atoms with Gasteiger partial charge in [0.2, 0.25) is 0 Å². The van der Waals surface area contributed by atoms with Gasteiger partial charge in [-0.1, -0.05) is 95.1 Å². The van der Waals surface area contributed by atoms with Crippen LogP contribution in [0.25, 0.3) is 11.1 Å². The van der Waals surface area contributed by atoms with Crippen LogP contribution in [-0.4, -0.2) is 12.1 Å². The minimum atomic E-state index is 0. The van der Waals surface area contributed by atoms with E-state index in [0.717, 1.165) is 12.8 Å². The maximum Gasteiger partial charge on any atom is 0.0730 e. The van der Waals surface area contributed by atoms with E-state index < -0.39 is 0 Å². The van der Waals surface area contributed by atoms with Gasteiger partial charge in [0.05, 0.1) is 12.7 Å². The Morgan fingerprint density at radius 3 is 2.04 bits per heavy atom. The predicted octanol–water partition coefficient (Wildman–Crippen LogP) is 6.19. The van der Waals surface area contributed by atoms with Gasteiger partial charge in [-0.3, -0.25) is 0 Å². The highest BCUT2D eigenvalue weighted by molar-refractivity contribution is 5.63. The molecule has 2 heteroatoms. The first kappa shape index (κ1) is 21.4. The van der Waals surface area contributed by atoms with Crippen LogP contribution in [0.1, 0.15) is 58.9 Å². The van der Waals surface area contributed by atoms with Crippen LogP contribution in [0.4, 0.5) is 0 Å². The molecule has 0 spiro atoms. The van der Waals surface area contributed by atoms with Crippen LogP contribution in [0.5, 0.6) is 0 Å². The zero-order valence-electron chi connectivity index (χ0n) is 13.8. The van der Waals surface area contributed by atoms with Gasteiger partial charge in [-0.15, -0.1) is 0 Å². The molecule has 2 aromatic carbocycles. The van der Waals surface area contributed by atoms with Crippen molar-refractivity contribution in [1.82, 2.24) is 0 Å². The third-order valence-corrected chi connectivity index (χ3v) is 4.78. The largest absolute Gasteiger partial charge is 0.372 e. The van der Waals surface area contributed by atoms with Crippen LogP contribution in [0.2, 0.25) is 0 Å². The second kappa shape index (κ2) is 11.1. The molecule has 0 aromatic heterocycles. The second-order valence-corrected chi connectivity index (χ2v) is 6.57. The number of benzene rings is 2. The lowest BCUT2D eigenvalue weighted by Crippen LogP contribution is -2.37. The molecule has 1 aliphatic carbocycles. The van der Waals surface area contributed by atoms with E-state index in [1.54, 1.807) is 0 Å². The predicted molar refractivity (Wildman–Crippen MR) is 110 cm³/mol. The van der Waals surface area contributed by atoms with E-state index >= 15 is 0 Å². The van der Waals surface area contributed by atoms with Gasteiger partial charge in [0.15, 0.2) is 0 Å². The van der Waals surface area contributed by atoms with Crippen molar-refractivity contribution in [2.45, 2.75) is 72.1 Å². The molecule has 1 aliphatic rings. The standard InChI is InChI=1S/C21H27NO.2CH4/c22-20-10-6-1-2-7-11-21(20)23-16-17-12-14-19(15-13-17)18-8-4-3-5-9-18;;/h3-5,8-9,12-15,20-21H,1-2,6-7,10-11,16,22H2;2*1H4. The molecule has 3 rings (SSSR count). The van der Waals surface area contributed by atoms with Crippen molar-refractivity contribution >= 4 is 0 Å². The van der Waals surface area contributed by atoms with Crippen LogP contribution < -0.4 is 5.73 Å². The maximum absolute atomic E-state index is 6.29. The molecule has 0 aliphatic heterocycles. The molecule has 2 unspecified atom stereocenters. The summed E-state index contributed by atoms with van der Waals surface area (Å²) in [6.07, 6.45) is 7.53. The summed E-state index contributed by atoms with van der Waals surface area (Å²) >= 11 is 0. The summed E-state index contributed by atoms with van der Waals surface area (Å²) in [5.41, 5.74) is 10.0. The molecule has 2 N–H and O–H groups in total. The van der Waals surface area contributed by atoms with Gasteiger partial charge in [-0.2, -0.15) is 0 Å². The number of ether oxygens (including phenoxy) is 1. The van der Waals surface area contributed by atoms with E-state index in [1.807, 2.05) is 6.07 Å². The lowest BCUT2D eigenvalue weighted by Gasteiger charge is -2.26. The van der Waals surface area contributed by atoms with Crippen molar-refractivity contribution in [2.24, 2.45) is 5.73 Å². The van der Waals surface area contributed by atoms with Crippen LogP contribution >= 0.6 is 0 Å². The lowest BCUT2D eigenvalue weighted by atomic mass is 9.95. The molecule has 0 saturated heterocycles. The normalized spacial score (nSPS) is 20.5. The van der Waals surface area contributed by atoms with E-state index in [2.05, 4.69) is 48.5 Å². The summed E-state index contributed by atoms with van der Waals surface area (Å²) in [6, 6.07) is 19.3. The Hall–Kier alpha value is -1.64. The number of hydrogen-bond acceptors (Lipinski definition) is 2. The number of nitrogens with two attached hydrogens (primary N) is 1. The first-order valence-electron chi connectivity index (χ1n) is 8.84. The summed E-state index contributed by atoms with van der Waals surface area (Å²) in [4.78, 5) is 0. The van der Waals surface area contributed by atoms with Crippen molar-refractivity contribution in [3.05, 3.63) is 60.2 Å². The minimum Gasteiger partial charge on any atom is -0.372 e. The first-order chi connectivity index (χ1) is 11.3. The summed E-state index contributed by atoms with van der Waals surface area (Å²) in [5.74, 6) is 0. The summed E-state index contributed by atoms with van der Waals surface area (Å²) in [6.45, 7) is 0.660. The summed E-state index contributed by atoms with van der Waals surface area (Å²) in [5, 5.41) is 0. The molecular formula is C23H35NO. The van der Waals surface area contributed by atoms with E-state index in [4.69, 9.17) is 10.5 Å². The molecule has 0 bridgehead atoms. The molecule has 1 saturated carbocycles. The van der Waals surface area contributed by atoms with E-state index in [0.29, 0.717) is 6.61 Å². The molecular weight excluding hydrogens is 306 g/mol. The molecule has 2 aromatic rings. The Labute approximate surface area is 154 Å². The highest BCUT2D eigenvalue weighted by Gasteiger charge is 2.19. The zero-order chi connectivity index (χ0) is 15.9. The van der Waals surface area contributed by atoms with E-state index in [-0.39, 0.29) is 27.0 Å². The third-order valence-electron chi connectivity index (χ3n) is 4.78. The smallest absolute Gasteiger partial charge is 0.0730 e. The van der Waals surface area contributed by atoms with Gasteiger partial charge in [-0.25, -0.2) is 0 Å². The molecule has 1 fully saturated rings. The van der Waals surface area contributed by atoms with Gasteiger partial charge in [0.1, 0.15) is 0 Å². The topological polar surface area (TPSA) is 35.2 Å². The second-order valence-electron chi connectivity index (χ2n) is 6.57. The van der Waals surface area contributed by atoms with Crippen LogP contribution in [-0.2, 0) is 11.3 Å². The SMILES string of the molecule is C.C.NC1CCCCCCC1OCc1ccc(-c2ccccc2)cc1. The average Bonchev–Trinajstić information content (AvgIpc) is 2.59. The molecule has 2 atom stereocenters. The number of rotatable bonds is 4. The van der Waals surface area contributed by atoms with Gasteiger partial charge in [-0.05, 0) is 29.5 Å². The minimum absolute atomic E-state index is 0. The van der Waals surface area contributed by atoms with Gasteiger partial charge in [0, 0.05) is 6.04 Å². The lowest BCUT2D eigenvalue weighted by molar-refractivity contribution is 0.0115. The van der Waals surface area contributed by atoms with Gasteiger partial charge < -0.3 is 10.5 Å². The van der Waals surface area contributed by atoms with Crippen LogP contribution in [0.15, 0.2) is 54.6 Å². The zero-order valence-corrected chi connectivity index (χ0v) is 13.8. The Kier molecular flexibility index (Phi) is 9.48. The van der Waals surface area contributed by atoms with Crippen molar-refractivity contribution in [2.75, 3.05) is 0 Å². The van der Waals surface area contributed by atoms with Crippen LogP contribution in [0.3, 0.4) is 0 Å². The quantitative estimate of drug-likeness (QED) is 0.719. The van der Waals surface area contributed by atoms with E-state index in [1.165, 1.54) is 42.4 Å². The molecule has 2 nitrogen and oxygen atoms in total. The highest BCUT2D eigenvalue weighted by Crippen LogP contribution is 2.22. The fourth-order valence-corrected chi connectivity index (χ4v) is 3.31. The summed E-state index contributed by atoms with van der Waals surface area (Å²) in [7, 11) is 0. The molecule has 0 amide bonds. The Bertz CT molecular complexity index is 579. The Balaban J connectivity index is 0.00000156. The maximum atomic E-state index is 6.29.